The number of rotatable bonds is 2. The summed E-state index contributed by atoms with van der Waals surface area (Å²) < 4.78 is 5.75. The smallest absolute Gasteiger partial charge is 0.142 e. The van der Waals surface area contributed by atoms with Gasteiger partial charge in [-0.05, 0) is 34.9 Å². The Kier molecular flexibility index (Phi) is 2.89. The summed E-state index contributed by atoms with van der Waals surface area (Å²) in [5.41, 5.74) is 2.66. The minimum absolute atomic E-state index is 0.0380. The van der Waals surface area contributed by atoms with Crippen LogP contribution in [0.3, 0.4) is 0 Å². The van der Waals surface area contributed by atoms with Gasteiger partial charge in [-0.15, -0.1) is 0 Å². The second-order valence-electron chi connectivity index (χ2n) is 4.48. The molecule has 1 aliphatic heterocycles. The average Bonchev–Trinajstić information content (AvgIpc) is 2.47. The van der Waals surface area contributed by atoms with Crippen LogP contribution >= 0.6 is 0 Å². The SMILES string of the molecule is CCc1ccc2ccccc2c1C1C=CC=CO1. The molecule has 0 aliphatic carbocycles. The molecule has 1 heterocycles. The summed E-state index contributed by atoms with van der Waals surface area (Å²) in [6.45, 7) is 2.19. The lowest BCUT2D eigenvalue weighted by Gasteiger charge is -2.20. The Morgan fingerprint density at radius 3 is 2.72 bits per heavy atom. The minimum Gasteiger partial charge on any atom is -0.489 e. The van der Waals surface area contributed by atoms with E-state index in [0.29, 0.717) is 0 Å². The molecular formula is C17H16O. The third-order valence-electron chi connectivity index (χ3n) is 3.43. The van der Waals surface area contributed by atoms with Gasteiger partial charge in [0.25, 0.3) is 0 Å². The van der Waals surface area contributed by atoms with Gasteiger partial charge in [0, 0.05) is 5.56 Å². The van der Waals surface area contributed by atoms with E-state index in [1.807, 2.05) is 6.08 Å². The van der Waals surface area contributed by atoms with Gasteiger partial charge in [0.05, 0.1) is 6.26 Å². The Hall–Kier alpha value is -2.02. The van der Waals surface area contributed by atoms with E-state index in [1.54, 1.807) is 6.26 Å². The van der Waals surface area contributed by atoms with E-state index in [-0.39, 0.29) is 6.10 Å². The number of ether oxygens (including phenoxy) is 1. The highest BCUT2D eigenvalue weighted by Gasteiger charge is 2.16. The molecule has 1 heteroatoms. The molecule has 1 atom stereocenters. The van der Waals surface area contributed by atoms with Gasteiger partial charge in [0.2, 0.25) is 0 Å². The van der Waals surface area contributed by atoms with E-state index >= 15 is 0 Å². The van der Waals surface area contributed by atoms with E-state index < -0.39 is 0 Å². The number of hydrogen-bond acceptors (Lipinski definition) is 1. The molecule has 0 radical (unpaired) electrons. The predicted molar refractivity (Wildman–Crippen MR) is 75.4 cm³/mol. The summed E-state index contributed by atoms with van der Waals surface area (Å²) in [6.07, 6.45) is 8.92. The van der Waals surface area contributed by atoms with Crippen LogP contribution in [0.25, 0.3) is 10.8 Å². The van der Waals surface area contributed by atoms with Crippen LogP contribution in [0.15, 0.2) is 60.9 Å². The molecule has 2 aromatic rings. The largest absolute Gasteiger partial charge is 0.489 e. The number of aryl methyl sites for hydroxylation is 1. The Morgan fingerprint density at radius 2 is 1.94 bits per heavy atom. The van der Waals surface area contributed by atoms with E-state index in [1.165, 1.54) is 21.9 Å². The lowest BCUT2D eigenvalue weighted by atomic mass is 9.93. The molecule has 90 valence electrons. The van der Waals surface area contributed by atoms with Crippen LogP contribution in [-0.4, -0.2) is 0 Å². The first-order valence-electron chi connectivity index (χ1n) is 6.39. The van der Waals surface area contributed by atoms with Gasteiger partial charge in [-0.2, -0.15) is 0 Å². The number of hydrogen-bond donors (Lipinski definition) is 0. The second kappa shape index (κ2) is 4.69. The maximum Gasteiger partial charge on any atom is 0.142 e. The lowest BCUT2D eigenvalue weighted by Crippen LogP contribution is -2.04. The van der Waals surface area contributed by atoms with Gasteiger partial charge < -0.3 is 4.74 Å². The van der Waals surface area contributed by atoms with Crippen molar-refractivity contribution >= 4 is 10.8 Å². The topological polar surface area (TPSA) is 9.23 Å². The van der Waals surface area contributed by atoms with Gasteiger partial charge in [-0.1, -0.05) is 49.4 Å². The first kappa shape index (κ1) is 11.1. The monoisotopic (exact) mass is 236 g/mol. The van der Waals surface area contributed by atoms with Crippen molar-refractivity contribution in [3.63, 3.8) is 0 Å². The fourth-order valence-corrected chi connectivity index (χ4v) is 2.54. The van der Waals surface area contributed by atoms with Crippen LogP contribution in [0.5, 0.6) is 0 Å². The quantitative estimate of drug-likeness (QED) is 0.743. The predicted octanol–water partition coefficient (Wildman–Crippen LogP) is 4.54. The molecule has 1 nitrogen and oxygen atoms in total. The van der Waals surface area contributed by atoms with Crippen molar-refractivity contribution in [1.29, 1.82) is 0 Å². The third kappa shape index (κ3) is 1.82. The zero-order valence-corrected chi connectivity index (χ0v) is 10.5. The van der Waals surface area contributed by atoms with Gasteiger partial charge >= 0.3 is 0 Å². The van der Waals surface area contributed by atoms with Crippen molar-refractivity contribution in [3.05, 3.63) is 72.0 Å². The molecule has 1 unspecified atom stereocenters. The number of fused-ring (bicyclic) bond motifs is 1. The lowest BCUT2D eigenvalue weighted by molar-refractivity contribution is 0.187. The van der Waals surface area contributed by atoms with E-state index in [2.05, 4.69) is 55.5 Å². The molecule has 0 saturated carbocycles. The molecule has 0 fully saturated rings. The zero-order valence-electron chi connectivity index (χ0n) is 10.5. The summed E-state index contributed by atoms with van der Waals surface area (Å²) in [5, 5.41) is 2.57. The highest BCUT2D eigenvalue weighted by molar-refractivity contribution is 5.87. The summed E-state index contributed by atoms with van der Waals surface area (Å²) in [4.78, 5) is 0. The van der Waals surface area contributed by atoms with Gasteiger partial charge in [0.1, 0.15) is 6.10 Å². The fraction of sp³-hybridized carbons (Fsp3) is 0.176. The average molecular weight is 236 g/mol. The molecule has 0 aromatic heterocycles. The Balaban J connectivity index is 2.23. The molecule has 1 aliphatic rings. The molecule has 18 heavy (non-hydrogen) atoms. The summed E-state index contributed by atoms with van der Waals surface area (Å²) >= 11 is 0. The Labute approximate surface area is 107 Å². The van der Waals surface area contributed by atoms with Gasteiger partial charge in [0.15, 0.2) is 0 Å². The summed E-state index contributed by atoms with van der Waals surface area (Å²) in [7, 11) is 0. The van der Waals surface area contributed by atoms with Gasteiger partial charge in [-0.3, -0.25) is 0 Å². The first-order chi connectivity index (χ1) is 8.90. The van der Waals surface area contributed by atoms with Crippen LogP contribution in [-0.2, 0) is 11.2 Å². The minimum atomic E-state index is 0.0380. The standard InChI is InChI=1S/C17H16O/c1-2-13-10-11-14-7-3-4-8-15(14)17(13)16-9-5-6-12-18-16/h3-12,16H,2H2,1H3. The van der Waals surface area contributed by atoms with E-state index in [0.717, 1.165) is 6.42 Å². The van der Waals surface area contributed by atoms with Crippen molar-refractivity contribution in [1.82, 2.24) is 0 Å². The molecule has 0 amide bonds. The summed E-state index contributed by atoms with van der Waals surface area (Å²) in [5.74, 6) is 0. The number of allylic oxidation sites excluding steroid dienone is 2. The highest BCUT2D eigenvalue weighted by atomic mass is 16.5. The first-order valence-corrected chi connectivity index (χ1v) is 6.39. The number of benzene rings is 2. The second-order valence-corrected chi connectivity index (χ2v) is 4.48. The van der Waals surface area contributed by atoms with Crippen molar-refractivity contribution in [3.8, 4) is 0 Å². The normalized spacial score (nSPS) is 17.9. The Bertz CT molecular complexity index is 623. The van der Waals surface area contributed by atoms with Crippen LogP contribution in [0, 0.1) is 0 Å². The fourth-order valence-electron chi connectivity index (χ4n) is 2.54. The van der Waals surface area contributed by atoms with Crippen molar-refractivity contribution in [2.45, 2.75) is 19.4 Å². The van der Waals surface area contributed by atoms with Crippen LogP contribution in [0.1, 0.15) is 24.2 Å². The molecule has 3 rings (SSSR count). The molecule has 2 aromatic carbocycles. The van der Waals surface area contributed by atoms with Crippen molar-refractivity contribution in [2.75, 3.05) is 0 Å². The van der Waals surface area contributed by atoms with Crippen LogP contribution in [0.2, 0.25) is 0 Å². The van der Waals surface area contributed by atoms with Crippen molar-refractivity contribution < 1.29 is 4.74 Å². The molecule has 0 N–H and O–H groups in total. The maximum atomic E-state index is 5.75. The molecule has 0 spiro atoms. The maximum absolute atomic E-state index is 5.75. The molecule has 0 saturated heterocycles. The molecular weight excluding hydrogens is 220 g/mol. The van der Waals surface area contributed by atoms with Gasteiger partial charge in [-0.25, -0.2) is 0 Å². The third-order valence-corrected chi connectivity index (χ3v) is 3.43. The van der Waals surface area contributed by atoms with E-state index in [9.17, 15) is 0 Å². The van der Waals surface area contributed by atoms with Crippen molar-refractivity contribution in [2.24, 2.45) is 0 Å². The van der Waals surface area contributed by atoms with Crippen LogP contribution < -0.4 is 0 Å². The van der Waals surface area contributed by atoms with Crippen LogP contribution in [0.4, 0.5) is 0 Å². The zero-order chi connectivity index (χ0) is 12.4. The van der Waals surface area contributed by atoms with E-state index in [4.69, 9.17) is 4.74 Å². The highest BCUT2D eigenvalue weighted by Crippen LogP contribution is 2.32. The Morgan fingerprint density at radius 1 is 1.06 bits per heavy atom. The summed E-state index contributed by atoms with van der Waals surface area (Å²) in [6, 6.07) is 12.9. The molecule has 0 bridgehead atoms.